The van der Waals surface area contributed by atoms with Crippen molar-refractivity contribution in [3.63, 3.8) is 0 Å². The summed E-state index contributed by atoms with van der Waals surface area (Å²) < 4.78 is 11.2. The van der Waals surface area contributed by atoms with Crippen LogP contribution in [-0.4, -0.2) is 38.4 Å². The maximum atomic E-state index is 5.69. The van der Waals surface area contributed by atoms with Crippen molar-refractivity contribution >= 4 is 11.6 Å². The third kappa shape index (κ3) is 5.77. The van der Waals surface area contributed by atoms with Gasteiger partial charge in [0.1, 0.15) is 12.4 Å². The molecule has 5 heteroatoms. The average Bonchev–Trinajstić information content (AvgIpc) is 3.15. The molecule has 0 saturated carbocycles. The molecule has 138 valence electrons. The van der Waals surface area contributed by atoms with Crippen LogP contribution in [0.15, 0.2) is 53.5 Å². The monoisotopic (exact) mass is 353 g/mol. The van der Waals surface area contributed by atoms with Gasteiger partial charge in [0.25, 0.3) is 0 Å². The predicted octanol–water partition coefficient (Wildman–Crippen LogP) is 3.45. The Hall–Kier alpha value is -2.53. The highest BCUT2D eigenvalue weighted by molar-refractivity contribution is 5.94. The molecule has 0 fully saturated rings. The molecule has 1 aliphatic rings. The van der Waals surface area contributed by atoms with Gasteiger partial charge in [0.05, 0.1) is 19.3 Å². The second-order valence-electron chi connectivity index (χ2n) is 6.57. The maximum absolute atomic E-state index is 5.69. The van der Waals surface area contributed by atoms with Gasteiger partial charge in [0.2, 0.25) is 0 Å². The summed E-state index contributed by atoms with van der Waals surface area (Å²) in [5.41, 5.74) is 3.59. The van der Waals surface area contributed by atoms with Crippen molar-refractivity contribution in [2.45, 2.75) is 26.4 Å². The van der Waals surface area contributed by atoms with Gasteiger partial charge >= 0.3 is 0 Å². The second kappa shape index (κ2) is 9.25. The molecule has 0 saturated heterocycles. The number of hydrogen-bond donors (Lipinski definition) is 2. The van der Waals surface area contributed by atoms with E-state index in [4.69, 9.17) is 9.47 Å². The van der Waals surface area contributed by atoms with E-state index in [0.717, 1.165) is 36.9 Å². The highest BCUT2D eigenvalue weighted by atomic mass is 16.5. The number of benzene rings is 2. The summed E-state index contributed by atoms with van der Waals surface area (Å²) in [7, 11) is 0. The molecule has 2 N–H and O–H groups in total. The van der Waals surface area contributed by atoms with Crippen molar-refractivity contribution in [2.75, 3.05) is 31.6 Å². The van der Waals surface area contributed by atoms with Gasteiger partial charge in [-0.1, -0.05) is 24.3 Å². The molecule has 0 aliphatic carbocycles. The van der Waals surface area contributed by atoms with Gasteiger partial charge in [-0.3, -0.25) is 4.99 Å². The Morgan fingerprint density at radius 3 is 2.31 bits per heavy atom. The number of rotatable bonds is 8. The third-order valence-electron chi connectivity index (χ3n) is 4.03. The first-order chi connectivity index (χ1) is 12.7. The van der Waals surface area contributed by atoms with Gasteiger partial charge in [-0.2, -0.15) is 0 Å². The number of nitrogens with zero attached hydrogens (tertiary/aromatic N) is 1. The summed E-state index contributed by atoms with van der Waals surface area (Å²) in [6, 6.07) is 16.7. The van der Waals surface area contributed by atoms with Crippen LogP contribution in [0.4, 0.5) is 5.69 Å². The van der Waals surface area contributed by atoms with E-state index < -0.39 is 0 Å². The topological polar surface area (TPSA) is 54.9 Å². The van der Waals surface area contributed by atoms with E-state index in [-0.39, 0.29) is 6.10 Å². The summed E-state index contributed by atoms with van der Waals surface area (Å²) in [6.45, 7) is 6.98. The molecule has 2 aromatic rings. The summed E-state index contributed by atoms with van der Waals surface area (Å²) in [5.74, 6) is 1.73. The Morgan fingerprint density at radius 1 is 1.00 bits per heavy atom. The van der Waals surface area contributed by atoms with E-state index in [0.29, 0.717) is 13.2 Å². The van der Waals surface area contributed by atoms with Crippen LogP contribution < -0.4 is 15.4 Å². The first-order valence-electron chi connectivity index (χ1n) is 9.17. The smallest absolute Gasteiger partial charge is 0.195 e. The van der Waals surface area contributed by atoms with Gasteiger partial charge in [-0.05, 0) is 55.7 Å². The zero-order valence-corrected chi connectivity index (χ0v) is 15.5. The largest absolute Gasteiger partial charge is 0.491 e. The molecule has 3 rings (SSSR count). The molecule has 26 heavy (non-hydrogen) atoms. The standard InChI is InChI=1S/C21H27N3O2/c1-16(2)25-13-14-26-20-9-5-18(6-10-20)15-17-3-7-19(8-4-17)24-21-22-11-12-23-21/h3-10,16H,11-15H2,1-2H3,(H2,22,23,24). The average molecular weight is 353 g/mol. The minimum Gasteiger partial charge on any atom is -0.491 e. The highest BCUT2D eigenvalue weighted by Gasteiger charge is 2.05. The van der Waals surface area contributed by atoms with Crippen LogP contribution in [0.25, 0.3) is 0 Å². The lowest BCUT2D eigenvalue weighted by Crippen LogP contribution is -2.26. The Bertz CT molecular complexity index is 709. The SMILES string of the molecule is CC(C)OCCOc1ccc(Cc2ccc(NC3=NCCN3)cc2)cc1. The lowest BCUT2D eigenvalue weighted by Gasteiger charge is -2.10. The zero-order chi connectivity index (χ0) is 18.2. The molecule has 0 atom stereocenters. The molecule has 0 amide bonds. The van der Waals surface area contributed by atoms with Crippen molar-refractivity contribution < 1.29 is 9.47 Å². The number of nitrogens with one attached hydrogen (secondary N) is 2. The molecule has 1 heterocycles. The molecule has 5 nitrogen and oxygen atoms in total. The minimum atomic E-state index is 0.241. The molecular formula is C21H27N3O2. The third-order valence-corrected chi connectivity index (χ3v) is 4.03. The maximum Gasteiger partial charge on any atom is 0.195 e. The minimum absolute atomic E-state index is 0.241. The first-order valence-corrected chi connectivity index (χ1v) is 9.17. The van der Waals surface area contributed by atoms with E-state index in [9.17, 15) is 0 Å². The fourth-order valence-corrected chi connectivity index (χ4v) is 2.71. The normalized spacial score (nSPS) is 13.4. The van der Waals surface area contributed by atoms with E-state index >= 15 is 0 Å². The highest BCUT2D eigenvalue weighted by Crippen LogP contribution is 2.17. The first kappa shape index (κ1) is 18.3. The zero-order valence-electron chi connectivity index (χ0n) is 15.5. The van der Waals surface area contributed by atoms with Crippen LogP contribution in [0.1, 0.15) is 25.0 Å². The van der Waals surface area contributed by atoms with Crippen molar-refractivity contribution in [3.8, 4) is 5.75 Å². The molecular weight excluding hydrogens is 326 g/mol. The van der Waals surface area contributed by atoms with Gasteiger partial charge in [0, 0.05) is 12.2 Å². The van der Waals surface area contributed by atoms with Crippen LogP contribution in [0.3, 0.4) is 0 Å². The lowest BCUT2D eigenvalue weighted by molar-refractivity contribution is 0.0552. The molecule has 0 radical (unpaired) electrons. The molecule has 0 bridgehead atoms. The van der Waals surface area contributed by atoms with E-state index in [1.807, 2.05) is 26.0 Å². The van der Waals surface area contributed by atoms with Gasteiger partial charge < -0.3 is 20.1 Å². The van der Waals surface area contributed by atoms with Gasteiger partial charge in [0.15, 0.2) is 5.96 Å². The summed E-state index contributed by atoms with van der Waals surface area (Å²) in [6.07, 6.45) is 1.14. The van der Waals surface area contributed by atoms with Crippen molar-refractivity contribution in [1.29, 1.82) is 0 Å². The Kier molecular flexibility index (Phi) is 6.50. The Labute approximate surface area is 155 Å². The van der Waals surface area contributed by atoms with Crippen molar-refractivity contribution in [2.24, 2.45) is 4.99 Å². The quantitative estimate of drug-likeness (QED) is 0.714. The summed E-state index contributed by atoms with van der Waals surface area (Å²) in [4.78, 5) is 4.34. The van der Waals surface area contributed by atoms with Crippen molar-refractivity contribution in [1.82, 2.24) is 5.32 Å². The fourth-order valence-electron chi connectivity index (χ4n) is 2.71. The number of guanidine groups is 1. The fraction of sp³-hybridized carbons (Fsp3) is 0.381. The van der Waals surface area contributed by atoms with Crippen LogP contribution >= 0.6 is 0 Å². The van der Waals surface area contributed by atoms with Crippen molar-refractivity contribution in [3.05, 3.63) is 59.7 Å². The molecule has 0 unspecified atom stereocenters. The van der Waals surface area contributed by atoms with E-state index in [1.54, 1.807) is 0 Å². The van der Waals surface area contributed by atoms with Crippen LogP contribution in [0, 0.1) is 0 Å². The number of ether oxygens (including phenoxy) is 2. The molecule has 0 spiro atoms. The molecule has 1 aliphatic heterocycles. The van der Waals surface area contributed by atoms with Crippen LogP contribution in [-0.2, 0) is 11.2 Å². The number of hydrogen-bond acceptors (Lipinski definition) is 5. The number of aliphatic imine (C=N–C) groups is 1. The summed E-state index contributed by atoms with van der Waals surface area (Å²) in [5, 5.41) is 6.49. The second-order valence-corrected chi connectivity index (χ2v) is 6.57. The van der Waals surface area contributed by atoms with Gasteiger partial charge in [-0.15, -0.1) is 0 Å². The Morgan fingerprint density at radius 2 is 1.69 bits per heavy atom. The Balaban J connectivity index is 1.47. The lowest BCUT2D eigenvalue weighted by atomic mass is 10.0. The molecule has 2 aromatic carbocycles. The predicted molar refractivity (Wildman–Crippen MR) is 106 cm³/mol. The van der Waals surface area contributed by atoms with Crippen LogP contribution in [0.2, 0.25) is 0 Å². The van der Waals surface area contributed by atoms with E-state index in [1.165, 1.54) is 11.1 Å². The molecule has 0 aromatic heterocycles. The van der Waals surface area contributed by atoms with Crippen LogP contribution in [0.5, 0.6) is 5.75 Å². The number of anilines is 1. The van der Waals surface area contributed by atoms with Gasteiger partial charge in [-0.25, -0.2) is 0 Å². The van der Waals surface area contributed by atoms with E-state index in [2.05, 4.69) is 52.0 Å². The summed E-state index contributed by atoms with van der Waals surface area (Å²) >= 11 is 0.